The van der Waals surface area contributed by atoms with Gasteiger partial charge in [-0.15, -0.1) is 0 Å². The molecule has 1 aromatic heterocycles. The van der Waals surface area contributed by atoms with E-state index in [0.717, 1.165) is 22.0 Å². The quantitative estimate of drug-likeness (QED) is 0.313. The average molecular weight is 498 g/mol. The zero-order valence-electron chi connectivity index (χ0n) is 21.5. The number of fused-ring (bicyclic) bond motifs is 1. The van der Waals surface area contributed by atoms with Crippen LogP contribution in [0.4, 0.5) is 4.39 Å². The summed E-state index contributed by atoms with van der Waals surface area (Å²) >= 11 is 0. The number of aryl methyl sites for hydroxylation is 1. The Kier molecular flexibility index (Phi) is 6.92. The van der Waals surface area contributed by atoms with Crippen LogP contribution in [0.5, 0.6) is 0 Å². The molecule has 0 N–H and O–H groups in total. The van der Waals surface area contributed by atoms with Crippen LogP contribution in [0, 0.1) is 0 Å². The first-order valence-corrected chi connectivity index (χ1v) is 12.9. The molecular weight excluding hydrogens is 465 g/mol. The zero-order chi connectivity index (χ0) is 26.1. The summed E-state index contributed by atoms with van der Waals surface area (Å²) in [6, 6.07) is 22.8. The van der Waals surface area contributed by atoms with Crippen molar-refractivity contribution in [2.45, 2.75) is 50.7 Å². The molecule has 1 aliphatic rings. The standard InChI is InChI=1S/C31H32FN3O2/c1-20(2)21-9-11-23(12-10-21)27(22-7-5-4-6-8-22)17-30(36)29-16-26(32)19-35(29)31(37)24-13-14-28-25(15-24)18-33-34(28)3/h4-15,18,20,26-27,29H,16-17,19H2,1-3H3/t26-,27+,29+/m1/s1. The van der Waals surface area contributed by atoms with E-state index in [2.05, 4.69) is 43.2 Å². The number of likely N-dealkylation sites (tertiary alicyclic amines) is 1. The molecule has 0 aliphatic carbocycles. The second-order valence-corrected chi connectivity index (χ2v) is 10.3. The van der Waals surface area contributed by atoms with Crippen molar-refractivity contribution in [3.05, 3.63) is 101 Å². The molecule has 0 spiro atoms. The summed E-state index contributed by atoms with van der Waals surface area (Å²) in [6.07, 6.45) is 0.716. The molecule has 0 radical (unpaired) electrons. The fraction of sp³-hybridized carbons (Fsp3) is 0.323. The zero-order valence-corrected chi connectivity index (χ0v) is 21.5. The molecule has 0 saturated carbocycles. The highest BCUT2D eigenvalue weighted by Crippen LogP contribution is 2.33. The van der Waals surface area contributed by atoms with Crippen LogP contribution in [0.2, 0.25) is 0 Å². The monoisotopic (exact) mass is 497 g/mol. The molecule has 4 aromatic rings. The third kappa shape index (κ3) is 5.06. The van der Waals surface area contributed by atoms with Crippen molar-refractivity contribution in [1.29, 1.82) is 0 Å². The Labute approximate surface area is 216 Å². The minimum Gasteiger partial charge on any atom is -0.326 e. The molecule has 1 aliphatic heterocycles. The Hall–Kier alpha value is -3.80. The highest BCUT2D eigenvalue weighted by molar-refractivity contribution is 6.01. The van der Waals surface area contributed by atoms with Gasteiger partial charge in [0.1, 0.15) is 6.17 Å². The van der Waals surface area contributed by atoms with Gasteiger partial charge in [-0.05, 0) is 40.8 Å². The SMILES string of the molecule is CC(C)c1ccc([C@@H](CC(=O)[C@@H]2C[C@@H](F)CN2C(=O)c2ccc3c(cnn3C)c2)c2ccccc2)cc1. The van der Waals surface area contributed by atoms with Crippen molar-refractivity contribution < 1.29 is 14.0 Å². The first-order valence-electron chi connectivity index (χ1n) is 12.9. The number of halogens is 1. The van der Waals surface area contributed by atoms with E-state index in [1.807, 2.05) is 43.4 Å². The van der Waals surface area contributed by atoms with Gasteiger partial charge >= 0.3 is 0 Å². The van der Waals surface area contributed by atoms with Crippen molar-refractivity contribution in [2.24, 2.45) is 7.05 Å². The lowest BCUT2D eigenvalue weighted by atomic mass is 9.84. The first kappa shape index (κ1) is 24.9. The van der Waals surface area contributed by atoms with E-state index in [-0.39, 0.29) is 37.0 Å². The van der Waals surface area contributed by atoms with Crippen LogP contribution in [-0.2, 0) is 11.8 Å². The van der Waals surface area contributed by atoms with Crippen LogP contribution < -0.4 is 0 Å². The molecule has 2 heterocycles. The van der Waals surface area contributed by atoms with Gasteiger partial charge in [0.05, 0.1) is 24.3 Å². The van der Waals surface area contributed by atoms with Gasteiger partial charge in [0.25, 0.3) is 5.91 Å². The van der Waals surface area contributed by atoms with Gasteiger partial charge in [0, 0.05) is 36.8 Å². The van der Waals surface area contributed by atoms with Gasteiger partial charge < -0.3 is 4.90 Å². The first-order chi connectivity index (χ1) is 17.8. The number of carbonyl (C=O) groups excluding carboxylic acids is 2. The molecule has 0 bridgehead atoms. The molecule has 190 valence electrons. The second-order valence-electron chi connectivity index (χ2n) is 10.3. The number of ketones is 1. The van der Waals surface area contributed by atoms with E-state index in [4.69, 9.17) is 0 Å². The number of hydrogen-bond donors (Lipinski definition) is 0. The molecule has 1 fully saturated rings. The highest BCUT2D eigenvalue weighted by atomic mass is 19.1. The van der Waals surface area contributed by atoms with Crippen molar-refractivity contribution in [3.8, 4) is 0 Å². The normalized spacial score (nSPS) is 18.5. The maximum atomic E-state index is 14.7. The number of nitrogens with zero attached hydrogens (tertiary/aromatic N) is 3. The maximum Gasteiger partial charge on any atom is 0.254 e. The molecule has 1 amide bonds. The smallest absolute Gasteiger partial charge is 0.254 e. The summed E-state index contributed by atoms with van der Waals surface area (Å²) in [4.78, 5) is 28.6. The molecule has 5 rings (SSSR count). The Morgan fingerprint density at radius 2 is 1.65 bits per heavy atom. The Morgan fingerprint density at radius 1 is 0.973 bits per heavy atom. The molecule has 3 atom stereocenters. The van der Waals surface area contributed by atoms with E-state index in [1.54, 1.807) is 23.0 Å². The number of Topliss-reactive ketones (excluding diaryl/α,β-unsaturated/α-hetero) is 1. The van der Waals surface area contributed by atoms with Crippen molar-refractivity contribution in [2.75, 3.05) is 6.54 Å². The summed E-state index contributed by atoms with van der Waals surface area (Å²) < 4.78 is 16.4. The Balaban J connectivity index is 1.41. The van der Waals surface area contributed by atoms with Crippen molar-refractivity contribution in [3.63, 3.8) is 0 Å². The highest BCUT2D eigenvalue weighted by Gasteiger charge is 2.40. The average Bonchev–Trinajstić information content (AvgIpc) is 3.49. The molecule has 5 nitrogen and oxygen atoms in total. The lowest BCUT2D eigenvalue weighted by Crippen LogP contribution is -2.41. The topological polar surface area (TPSA) is 55.2 Å². The molecule has 37 heavy (non-hydrogen) atoms. The lowest BCUT2D eigenvalue weighted by molar-refractivity contribution is -0.123. The summed E-state index contributed by atoms with van der Waals surface area (Å²) in [5.41, 5.74) is 4.65. The van der Waals surface area contributed by atoms with Crippen LogP contribution in [-0.4, -0.2) is 45.1 Å². The molecule has 1 saturated heterocycles. The summed E-state index contributed by atoms with van der Waals surface area (Å²) in [6.45, 7) is 4.23. The fourth-order valence-corrected chi connectivity index (χ4v) is 5.34. The summed E-state index contributed by atoms with van der Waals surface area (Å²) in [7, 11) is 1.84. The van der Waals surface area contributed by atoms with Gasteiger partial charge in [-0.3, -0.25) is 14.3 Å². The number of amides is 1. The summed E-state index contributed by atoms with van der Waals surface area (Å²) in [5, 5.41) is 5.07. The molecule has 3 aromatic carbocycles. The van der Waals surface area contributed by atoms with Crippen molar-refractivity contribution >= 4 is 22.6 Å². The fourth-order valence-electron chi connectivity index (χ4n) is 5.34. The van der Waals surface area contributed by atoms with E-state index < -0.39 is 12.2 Å². The van der Waals surface area contributed by atoms with Crippen LogP contribution in [0.1, 0.15) is 65.6 Å². The van der Waals surface area contributed by atoms with E-state index in [9.17, 15) is 14.0 Å². The third-order valence-corrected chi connectivity index (χ3v) is 7.49. The third-order valence-electron chi connectivity index (χ3n) is 7.49. The molecule has 6 heteroatoms. The number of aromatic nitrogens is 2. The summed E-state index contributed by atoms with van der Waals surface area (Å²) in [5.74, 6) is -0.187. The minimum atomic E-state index is -1.22. The van der Waals surface area contributed by atoms with Crippen LogP contribution in [0.15, 0.2) is 79.0 Å². The van der Waals surface area contributed by atoms with Crippen LogP contribution >= 0.6 is 0 Å². The van der Waals surface area contributed by atoms with E-state index >= 15 is 0 Å². The minimum absolute atomic E-state index is 0.0352. The number of hydrogen-bond acceptors (Lipinski definition) is 3. The van der Waals surface area contributed by atoms with Crippen LogP contribution in [0.25, 0.3) is 10.9 Å². The number of rotatable bonds is 7. The number of carbonyl (C=O) groups is 2. The number of alkyl halides is 1. The van der Waals surface area contributed by atoms with Gasteiger partial charge in [-0.1, -0.05) is 68.4 Å². The lowest BCUT2D eigenvalue weighted by Gasteiger charge is -2.26. The molecular formula is C31H32FN3O2. The largest absolute Gasteiger partial charge is 0.326 e. The van der Waals surface area contributed by atoms with E-state index in [0.29, 0.717) is 11.5 Å². The van der Waals surface area contributed by atoms with Gasteiger partial charge in [-0.2, -0.15) is 5.10 Å². The molecule has 0 unspecified atom stereocenters. The predicted octanol–water partition coefficient (Wildman–Crippen LogP) is 6.04. The van der Waals surface area contributed by atoms with Gasteiger partial charge in [-0.25, -0.2) is 4.39 Å². The van der Waals surface area contributed by atoms with Gasteiger partial charge in [0.2, 0.25) is 0 Å². The van der Waals surface area contributed by atoms with Crippen molar-refractivity contribution in [1.82, 2.24) is 14.7 Å². The van der Waals surface area contributed by atoms with Gasteiger partial charge in [0.15, 0.2) is 5.78 Å². The van der Waals surface area contributed by atoms with Crippen LogP contribution in [0.3, 0.4) is 0 Å². The second kappa shape index (κ2) is 10.3. The maximum absolute atomic E-state index is 14.7. The Morgan fingerprint density at radius 3 is 2.35 bits per heavy atom. The Bertz CT molecular complexity index is 1410. The predicted molar refractivity (Wildman–Crippen MR) is 143 cm³/mol. The number of benzene rings is 3. The van der Waals surface area contributed by atoms with E-state index in [1.165, 1.54) is 10.5 Å².